The van der Waals surface area contributed by atoms with Gasteiger partial charge in [-0.1, -0.05) is 6.07 Å². The smallest absolute Gasteiger partial charge is 0.322 e. The van der Waals surface area contributed by atoms with Crippen LogP contribution in [0, 0.1) is 6.92 Å². The van der Waals surface area contributed by atoms with Crippen LogP contribution in [0.4, 0.5) is 10.5 Å². The molecule has 3 amide bonds. The van der Waals surface area contributed by atoms with Gasteiger partial charge in [-0.05, 0) is 31.5 Å². The molecule has 4 rings (SSSR count). The van der Waals surface area contributed by atoms with Crippen LogP contribution in [0.25, 0.3) is 0 Å². The third-order valence-corrected chi connectivity index (χ3v) is 4.93. The summed E-state index contributed by atoms with van der Waals surface area (Å²) in [5, 5.41) is 7.17. The fourth-order valence-electron chi connectivity index (χ4n) is 3.31. The van der Waals surface area contributed by atoms with E-state index in [1.165, 1.54) is 4.90 Å². The number of nitrogens with one attached hydrogen (secondary N) is 1. The summed E-state index contributed by atoms with van der Waals surface area (Å²) >= 11 is 0. The number of aromatic nitrogens is 2. The SMILES string of the molecule is CCn1cc(NC(=O)N2CCN(Cc3ccc4c(c3)OCO4)C(=O)C2)c(C)n1. The maximum Gasteiger partial charge on any atom is 0.322 e. The molecule has 9 heteroatoms. The lowest BCUT2D eigenvalue weighted by Gasteiger charge is -2.34. The van der Waals surface area contributed by atoms with E-state index in [0.717, 1.165) is 23.6 Å². The number of ether oxygens (including phenoxy) is 2. The fourth-order valence-corrected chi connectivity index (χ4v) is 3.31. The third-order valence-electron chi connectivity index (χ3n) is 4.93. The zero-order valence-corrected chi connectivity index (χ0v) is 16.0. The Kier molecular flexibility index (Phi) is 4.81. The standard InChI is InChI=1S/C19H23N5O4/c1-3-24-10-15(13(2)21-24)20-19(26)23-7-6-22(18(25)11-23)9-14-4-5-16-17(8-14)28-12-27-16/h4-5,8,10H,3,6-7,9,11-12H2,1-2H3,(H,20,26). The minimum atomic E-state index is -0.283. The van der Waals surface area contributed by atoms with Crippen molar-refractivity contribution in [2.45, 2.75) is 26.9 Å². The number of rotatable bonds is 4. The minimum absolute atomic E-state index is 0.0529. The first-order valence-corrected chi connectivity index (χ1v) is 9.29. The van der Waals surface area contributed by atoms with Crippen LogP contribution in [0.2, 0.25) is 0 Å². The van der Waals surface area contributed by atoms with Gasteiger partial charge in [-0.3, -0.25) is 9.48 Å². The van der Waals surface area contributed by atoms with E-state index >= 15 is 0 Å². The number of amides is 3. The molecule has 2 aromatic rings. The molecule has 0 unspecified atom stereocenters. The Bertz CT molecular complexity index is 910. The van der Waals surface area contributed by atoms with Crippen molar-refractivity contribution in [3.63, 3.8) is 0 Å². The molecule has 0 atom stereocenters. The van der Waals surface area contributed by atoms with Gasteiger partial charge in [-0.2, -0.15) is 5.10 Å². The van der Waals surface area contributed by atoms with E-state index in [1.807, 2.05) is 32.0 Å². The number of anilines is 1. The van der Waals surface area contributed by atoms with Gasteiger partial charge >= 0.3 is 6.03 Å². The Labute approximate surface area is 162 Å². The van der Waals surface area contributed by atoms with Crippen LogP contribution in [0.5, 0.6) is 11.5 Å². The number of hydrogen-bond donors (Lipinski definition) is 1. The molecule has 1 N–H and O–H groups in total. The van der Waals surface area contributed by atoms with E-state index in [0.29, 0.717) is 31.1 Å². The molecule has 9 nitrogen and oxygen atoms in total. The van der Waals surface area contributed by atoms with Gasteiger partial charge in [0.15, 0.2) is 11.5 Å². The lowest BCUT2D eigenvalue weighted by Crippen LogP contribution is -2.52. The number of aryl methyl sites for hydroxylation is 2. The number of carbonyl (C=O) groups is 2. The zero-order chi connectivity index (χ0) is 19.7. The molecule has 2 aliphatic heterocycles. The number of fused-ring (bicyclic) bond motifs is 1. The van der Waals surface area contributed by atoms with Gasteiger partial charge in [0, 0.05) is 32.4 Å². The Morgan fingerprint density at radius 2 is 2.07 bits per heavy atom. The van der Waals surface area contributed by atoms with E-state index < -0.39 is 0 Å². The lowest BCUT2D eigenvalue weighted by atomic mass is 10.1. The third kappa shape index (κ3) is 3.60. The van der Waals surface area contributed by atoms with Crippen molar-refractivity contribution >= 4 is 17.6 Å². The van der Waals surface area contributed by atoms with E-state index in [4.69, 9.17) is 9.47 Å². The molecule has 1 aromatic heterocycles. The van der Waals surface area contributed by atoms with Crippen molar-refractivity contribution in [3.8, 4) is 11.5 Å². The maximum absolute atomic E-state index is 12.5. The minimum Gasteiger partial charge on any atom is -0.454 e. The van der Waals surface area contributed by atoms with E-state index in [9.17, 15) is 9.59 Å². The summed E-state index contributed by atoms with van der Waals surface area (Å²) in [5.74, 6) is 1.34. The number of benzene rings is 1. The second-order valence-electron chi connectivity index (χ2n) is 6.84. The Balaban J connectivity index is 1.35. The molecule has 0 saturated carbocycles. The summed E-state index contributed by atoms with van der Waals surface area (Å²) in [6, 6.07) is 5.39. The molecule has 1 fully saturated rings. The molecule has 0 radical (unpaired) electrons. The van der Waals surface area contributed by atoms with Gasteiger partial charge in [0.05, 0.1) is 11.4 Å². The predicted molar refractivity (Wildman–Crippen MR) is 101 cm³/mol. The maximum atomic E-state index is 12.5. The monoisotopic (exact) mass is 385 g/mol. The van der Waals surface area contributed by atoms with Crippen molar-refractivity contribution in [3.05, 3.63) is 35.7 Å². The second-order valence-corrected chi connectivity index (χ2v) is 6.84. The molecular weight excluding hydrogens is 362 g/mol. The number of nitrogens with zero attached hydrogens (tertiary/aromatic N) is 4. The largest absolute Gasteiger partial charge is 0.454 e. The van der Waals surface area contributed by atoms with Gasteiger partial charge in [0.25, 0.3) is 0 Å². The van der Waals surface area contributed by atoms with Crippen LogP contribution in [0.3, 0.4) is 0 Å². The average molecular weight is 385 g/mol. The van der Waals surface area contributed by atoms with Crippen LogP contribution in [-0.2, 0) is 17.9 Å². The number of piperazine rings is 1. The molecule has 28 heavy (non-hydrogen) atoms. The summed E-state index contributed by atoms with van der Waals surface area (Å²) in [4.78, 5) is 28.4. The summed E-state index contributed by atoms with van der Waals surface area (Å²) in [6.07, 6.45) is 1.80. The van der Waals surface area contributed by atoms with Gasteiger partial charge < -0.3 is 24.6 Å². The van der Waals surface area contributed by atoms with Crippen molar-refractivity contribution in [2.75, 3.05) is 31.7 Å². The van der Waals surface area contributed by atoms with E-state index in [2.05, 4.69) is 10.4 Å². The molecule has 2 aliphatic rings. The van der Waals surface area contributed by atoms with Crippen LogP contribution in [0.15, 0.2) is 24.4 Å². The van der Waals surface area contributed by atoms with Gasteiger partial charge in [-0.25, -0.2) is 4.79 Å². The van der Waals surface area contributed by atoms with Gasteiger partial charge in [0.1, 0.15) is 6.54 Å². The van der Waals surface area contributed by atoms with Crippen molar-refractivity contribution in [2.24, 2.45) is 0 Å². The summed E-state index contributed by atoms with van der Waals surface area (Å²) < 4.78 is 12.5. The van der Waals surface area contributed by atoms with Gasteiger partial charge in [0.2, 0.25) is 12.7 Å². The summed E-state index contributed by atoms with van der Waals surface area (Å²) in [6.45, 7) is 6.27. The average Bonchev–Trinajstić information content (AvgIpc) is 3.29. The molecule has 3 heterocycles. The molecule has 0 aliphatic carbocycles. The zero-order valence-electron chi connectivity index (χ0n) is 16.0. The Morgan fingerprint density at radius 1 is 1.25 bits per heavy atom. The predicted octanol–water partition coefficient (Wildman–Crippen LogP) is 1.82. The van der Waals surface area contributed by atoms with Crippen LogP contribution < -0.4 is 14.8 Å². The van der Waals surface area contributed by atoms with Crippen LogP contribution in [0.1, 0.15) is 18.2 Å². The summed E-state index contributed by atoms with van der Waals surface area (Å²) in [5.41, 5.74) is 2.39. The van der Waals surface area contributed by atoms with E-state index in [1.54, 1.807) is 15.8 Å². The second kappa shape index (κ2) is 7.41. The highest BCUT2D eigenvalue weighted by molar-refractivity contribution is 5.93. The van der Waals surface area contributed by atoms with Crippen LogP contribution >= 0.6 is 0 Å². The van der Waals surface area contributed by atoms with Gasteiger partial charge in [-0.15, -0.1) is 0 Å². The van der Waals surface area contributed by atoms with Crippen molar-refractivity contribution < 1.29 is 19.1 Å². The van der Waals surface area contributed by atoms with Crippen LogP contribution in [-0.4, -0.2) is 57.9 Å². The highest BCUT2D eigenvalue weighted by Crippen LogP contribution is 2.32. The first kappa shape index (κ1) is 18.1. The highest BCUT2D eigenvalue weighted by atomic mass is 16.7. The molecule has 0 spiro atoms. The Morgan fingerprint density at radius 3 is 2.82 bits per heavy atom. The normalized spacial score (nSPS) is 15.9. The van der Waals surface area contributed by atoms with Crippen molar-refractivity contribution in [1.82, 2.24) is 19.6 Å². The first-order valence-electron chi connectivity index (χ1n) is 9.29. The topological polar surface area (TPSA) is 88.9 Å². The quantitative estimate of drug-likeness (QED) is 0.867. The summed E-state index contributed by atoms with van der Waals surface area (Å²) in [7, 11) is 0. The fraction of sp³-hybridized carbons (Fsp3) is 0.421. The Hall–Kier alpha value is -3.23. The highest BCUT2D eigenvalue weighted by Gasteiger charge is 2.28. The molecule has 1 saturated heterocycles. The first-order chi connectivity index (χ1) is 13.5. The number of urea groups is 1. The number of carbonyl (C=O) groups excluding carboxylic acids is 2. The van der Waals surface area contributed by atoms with Crippen molar-refractivity contribution in [1.29, 1.82) is 0 Å². The van der Waals surface area contributed by atoms with E-state index in [-0.39, 0.29) is 25.3 Å². The lowest BCUT2D eigenvalue weighted by molar-refractivity contribution is -0.135. The molecule has 148 valence electrons. The number of hydrogen-bond acceptors (Lipinski definition) is 5. The molecule has 1 aromatic carbocycles. The molecular formula is C19H23N5O4. The molecule has 0 bridgehead atoms.